The number of hydrogen-bond donors (Lipinski definition) is 1. The number of aliphatic hydroxyl groups excluding tert-OH is 1. The van der Waals surface area contributed by atoms with Crippen molar-refractivity contribution in [3.63, 3.8) is 0 Å². The number of likely N-dealkylation sites (N-methyl/N-ethyl adjacent to an activating group) is 1. The molecule has 1 aromatic rings. The molecule has 19 heavy (non-hydrogen) atoms. The number of aliphatic hydroxyl groups is 1. The molecule has 106 valence electrons. The van der Waals surface area contributed by atoms with Crippen molar-refractivity contribution in [2.45, 2.75) is 33.8 Å². The maximum atomic E-state index is 11.9. The van der Waals surface area contributed by atoms with E-state index < -0.39 is 6.10 Å². The van der Waals surface area contributed by atoms with Gasteiger partial charge in [0.25, 0.3) is 5.91 Å². The zero-order chi connectivity index (χ0) is 14.4. The van der Waals surface area contributed by atoms with Gasteiger partial charge in [-0.15, -0.1) is 0 Å². The Hall–Kier alpha value is -1.55. The monoisotopic (exact) mass is 265 g/mol. The normalized spacial score (nSPS) is 12.1. The standard InChI is InChI=1S/C15H23NO3/c1-5-16(6-2)15(18)10-19-14-9-11(3)7-8-13(14)12(4)17/h7-9,12,17H,5-6,10H2,1-4H3. The number of rotatable bonds is 6. The van der Waals surface area contributed by atoms with Crippen LogP contribution in [0.4, 0.5) is 0 Å². The molecule has 1 unspecified atom stereocenters. The summed E-state index contributed by atoms with van der Waals surface area (Å²) in [5.74, 6) is 0.540. The van der Waals surface area contributed by atoms with Gasteiger partial charge < -0.3 is 14.7 Å². The van der Waals surface area contributed by atoms with Crippen LogP contribution in [0.25, 0.3) is 0 Å². The van der Waals surface area contributed by atoms with Gasteiger partial charge in [-0.1, -0.05) is 12.1 Å². The fourth-order valence-corrected chi connectivity index (χ4v) is 1.92. The SMILES string of the molecule is CCN(CC)C(=O)COc1cc(C)ccc1C(C)O. The van der Waals surface area contributed by atoms with Crippen molar-refractivity contribution in [2.24, 2.45) is 0 Å². The van der Waals surface area contributed by atoms with Gasteiger partial charge >= 0.3 is 0 Å². The number of carbonyl (C=O) groups excluding carboxylic acids is 1. The van der Waals surface area contributed by atoms with Gasteiger partial charge in [0.15, 0.2) is 6.61 Å². The van der Waals surface area contributed by atoms with Crippen molar-refractivity contribution >= 4 is 5.91 Å². The minimum atomic E-state index is -0.612. The quantitative estimate of drug-likeness (QED) is 0.858. The van der Waals surface area contributed by atoms with E-state index in [1.165, 1.54) is 0 Å². The summed E-state index contributed by atoms with van der Waals surface area (Å²) in [5, 5.41) is 9.69. The molecule has 0 radical (unpaired) electrons. The van der Waals surface area contributed by atoms with Crippen LogP contribution in [0.3, 0.4) is 0 Å². The van der Waals surface area contributed by atoms with E-state index in [1.54, 1.807) is 11.8 Å². The van der Waals surface area contributed by atoms with Crippen molar-refractivity contribution in [1.29, 1.82) is 0 Å². The largest absolute Gasteiger partial charge is 0.483 e. The number of nitrogens with zero attached hydrogens (tertiary/aromatic N) is 1. The highest BCUT2D eigenvalue weighted by Gasteiger charge is 2.13. The molecule has 1 aromatic carbocycles. The molecular weight excluding hydrogens is 242 g/mol. The molecule has 0 bridgehead atoms. The van der Waals surface area contributed by atoms with Gasteiger partial charge in [0.05, 0.1) is 6.10 Å². The second-order valence-electron chi connectivity index (χ2n) is 4.57. The summed E-state index contributed by atoms with van der Waals surface area (Å²) in [4.78, 5) is 13.6. The Balaban J connectivity index is 2.77. The molecule has 0 saturated carbocycles. The van der Waals surface area contributed by atoms with E-state index in [4.69, 9.17) is 4.74 Å². The highest BCUT2D eigenvalue weighted by atomic mass is 16.5. The van der Waals surface area contributed by atoms with Crippen LogP contribution < -0.4 is 4.74 Å². The minimum Gasteiger partial charge on any atom is -0.483 e. The Bertz CT molecular complexity index is 425. The van der Waals surface area contributed by atoms with E-state index in [9.17, 15) is 9.90 Å². The third kappa shape index (κ3) is 4.24. The van der Waals surface area contributed by atoms with Crippen LogP contribution in [0.15, 0.2) is 18.2 Å². The summed E-state index contributed by atoms with van der Waals surface area (Å²) in [5.41, 5.74) is 1.74. The van der Waals surface area contributed by atoms with E-state index in [0.29, 0.717) is 24.4 Å². The fraction of sp³-hybridized carbons (Fsp3) is 0.533. The Kier molecular flexibility index (Phi) is 5.83. The molecule has 1 atom stereocenters. The third-order valence-electron chi connectivity index (χ3n) is 3.09. The minimum absolute atomic E-state index is 0.00481. The van der Waals surface area contributed by atoms with E-state index in [2.05, 4.69) is 0 Å². The second-order valence-corrected chi connectivity index (χ2v) is 4.57. The summed E-state index contributed by atoms with van der Waals surface area (Å²) in [6.45, 7) is 8.87. The first kappa shape index (κ1) is 15.5. The van der Waals surface area contributed by atoms with Gasteiger partial charge in [0, 0.05) is 18.7 Å². The number of benzene rings is 1. The van der Waals surface area contributed by atoms with Crippen molar-refractivity contribution in [3.8, 4) is 5.75 Å². The smallest absolute Gasteiger partial charge is 0.260 e. The van der Waals surface area contributed by atoms with Crippen molar-refractivity contribution in [2.75, 3.05) is 19.7 Å². The van der Waals surface area contributed by atoms with E-state index in [0.717, 1.165) is 5.56 Å². The first-order valence-electron chi connectivity index (χ1n) is 6.68. The van der Waals surface area contributed by atoms with Crippen molar-refractivity contribution in [1.82, 2.24) is 4.90 Å². The maximum absolute atomic E-state index is 11.9. The molecule has 0 fully saturated rings. The first-order valence-corrected chi connectivity index (χ1v) is 6.68. The predicted molar refractivity (Wildman–Crippen MR) is 75.2 cm³/mol. The molecule has 1 N–H and O–H groups in total. The topological polar surface area (TPSA) is 49.8 Å². The molecule has 0 aliphatic heterocycles. The zero-order valence-electron chi connectivity index (χ0n) is 12.1. The molecule has 0 aromatic heterocycles. The number of amides is 1. The van der Waals surface area contributed by atoms with Crippen LogP contribution >= 0.6 is 0 Å². The van der Waals surface area contributed by atoms with E-state index in [-0.39, 0.29) is 12.5 Å². The van der Waals surface area contributed by atoms with E-state index in [1.807, 2.05) is 39.0 Å². The fourth-order valence-electron chi connectivity index (χ4n) is 1.92. The Morgan fingerprint density at radius 2 is 2.00 bits per heavy atom. The predicted octanol–water partition coefficient (Wildman–Crippen LogP) is 2.30. The lowest BCUT2D eigenvalue weighted by molar-refractivity contribution is -0.133. The van der Waals surface area contributed by atoms with Crippen LogP contribution in [-0.2, 0) is 4.79 Å². The lowest BCUT2D eigenvalue weighted by Crippen LogP contribution is -2.34. The summed E-state index contributed by atoms with van der Waals surface area (Å²) in [7, 11) is 0. The molecule has 0 saturated heterocycles. The molecule has 1 amide bonds. The van der Waals surface area contributed by atoms with Crippen molar-refractivity contribution < 1.29 is 14.6 Å². The summed E-state index contributed by atoms with van der Waals surface area (Å²) in [6, 6.07) is 5.59. The first-order chi connectivity index (χ1) is 8.99. The Labute approximate surface area is 115 Å². The summed E-state index contributed by atoms with van der Waals surface area (Å²) >= 11 is 0. The van der Waals surface area contributed by atoms with E-state index >= 15 is 0 Å². The maximum Gasteiger partial charge on any atom is 0.260 e. The molecule has 0 aliphatic carbocycles. The molecular formula is C15H23NO3. The van der Waals surface area contributed by atoms with Gasteiger partial charge in [-0.25, -0.2) is 0 Å². The lowest BCUT2D eigenvalue weighted by atomic mass is 10.1. The van der Waals surface area contributed by atoms with Gasteiger partial charge in [-0.2, -0.15) is 0 Å². The van der Waals surface area contributed by atoms with Crippen LogP contribution in [0.2, 0.25) is 0 Å². The molecule has 0 heterocycles. The molecule has 1 rings (SSSR count). The zero-order valence-corrected chi connectivity index (χ0v) is 12.1. The Morgan fingerprint density at radius 1 is 1.37 bits per heavy atom. The molecule has 0 spiro atoms. The van der Waals surface area contributed by atoms with Crippen LogP contribution in [0.1, 0.15) is 38.0 Å². The van der Waals surface area contributed by atoms with Gasteiger partial charge in [0.2, 0.25) is 0 Å². The lowest BCUT2D eigenvalue weighted by Gasteiger charge is -2.20. The molecule has 4 nitrogen and oxygen atoms in total. The van der Waals surface area contributed by atoms with Crippen LogP contribution in [0, 0.1) is 6.92 Å². The van der Waals surface area contributed by atoms with Crippen LogP contribution in [0.5, 0.6) is 5.75 Å². The molecule has 4 heteroatoms. The van der Waals surface area contributed by atoms with Gasteiger partial charge in [0.1, 0.15) is 5.75 Å². The van der Waals surface area contributed by atoms with Gasteiger partial charge in [-0.05, 0) is 39.3 Å². The summed E-state index contributed by atoms with van der Waals surface area (Å²) < 4.78 is 5.57. The average Bonchev–Trinajstić information content (AvgIpc) is 2.37. The number of hydrogen-bond acceptors (Lipinski definition) is 3. The number of aryl methyl sites for hydroxylation is 1. The molecule has 0 aliphatic rings. The van der Waals surface area contributed by atoms with Crippen molar-refractivity contribution in [3.05, 3.63) is 29.3 Å². The second kappa shape index (κ2) is 7.14. The highest BCUT2D eigenvalue weighted by molar-refractivity contribution is 5.77. The van der Waals surface area contributed by atoms with Crippen LogP contribution in [-0.4, -0.2) is 35.6 Å². The van der Waals surface area contributed by atoms with Gasteiger partial charge in [-0.3, -0.25) is 4.79 Å². The Morgan fingerprint density at radius 3 is 2.53 bits per heavy atom. The highest BCUT2D eigenvalue weighted by Crippen LogP contribution is 2.26. The summed E-state index contributed by atoms with van der Waals surface area (Å²) in [6.07, 6.45) is -0.612. The number of ether oxygens (including phenoxy) is 1. The number of carbonyl (C=O) groups is 1. The average molecular weight is 265 g/mol. The third-order valence-corrected chi connectivity index (χ3v) is 3.09.